The Hall–Kier alpha value is -2.67. The minimum atomic E-state index is -1.05. The van der Waals surface area contributed by atoms with Crippen molar-refractivity contribution in [3.8, 4) is 17.2 Å². The molecule has 4 rings (SSSR count). The van der Waals surface area contributed by atoms with E-state index in [0.29, 0.717) is 17.2 Å². The highest BCUT2D eigenvalue weighted by molar-refractivity contribution is 9.10. The first-order chi connectivity index (χ1) is 12.6. The summed E-state index contributed by atoms with van der Waals surface area (Å²) in [4.78, 5) is 15.2. The van der Waals surface area contributed by atoms with E-state index in [2.05, 4.69) is 38.2 Å². The van der Waals surface area contributed by atoms with Crippen LogP contribution in [0.2, 0.25) is 0 Å². The third-order valence-corrected chi connectivity index (χ3v) is 5.26. The minimum absolute atomic E-state index is 0.188. The molecule has 7 heteroatoms. The van der Waals surface area contributed by atoms with Gasteiger partial charge in [0.25, 0.3) is 5.89 Å². The summed E-state index contributed by atoms with van der Waals surface area (Å²) in [5, 5.41) is 12.7. The summed E-state index contributed by atoms with van der Waals surface area (Å²) in [5.41, 5.74) is 2.62. The number of benzene rings is 2. The van der Waals surface area contributed by atoms with Gasteiger partial charge in [0.15, 0.2) is 12.9 Å². The number of ether oxygens (including phenoxy) is 1. The number of hydrogen-bond acceptors (Lipinski definition) is 5. The number of halogens is 1. The number of carboxylic acids is 1. The van der Waals surface area contributed by atoms with E-state index in [1.807, 2.05) is 24.3 Å². The average Bonchev–Trinajstić information content (AvgIpc) is 3.26. The molecule has 0 saturated heterocycles. The van der Waals surface area contributed by atoms with Gasteiger partial charge in [-0.05, 0) is 36.1 Å². The van der Waals surface area contributed by atoms with Gasteiger partial charge in [-0.25, -0.2) is 4.79 Å². The van der Waals surface area contributed by atoms with Gasteiger partial charge in [0.1, 0.15) is 5.75 Å². The number of carboxylic acid groups (broad SMARTS) is 1. The summed E-state index contributed by atoms with van der Waals surface area (Å²) in [6.07, 6.45) is 3.27. The largest absolute Gasteiger partial charge is 0.481 e. The maximum absolute atomic E-state index is 11.0. The predicted octanol–water partition coefficient (Wildman–Crippen LogP) is 4.04. The fourth-order valence-corrected chi connectivity index (χ4v) is 4.06. The quantitative estimate of drug-likeness (QED) is 0.654. The number of hydrogen-bond donors (Lipinski definition) is 1. The molecule has 1 fully saturated rings. The molecule has 1 aliphatic carbocycles. The Morgan fingerprint density at radius 2 is 2.00 bits per heavy atom. The van der Waals surface area contributed by atoms with Crippen LogP contribution in [0.5, 0.6) is 5.75 Å². The van der Waals surface area contributed by atoms with Crippen LogP contribution in [0, 0.1) is 0 Å². The van der Waals surface area contributed by atoms with Crippen molar-refractivity contribution >= 4 is 21.9 Å². The number of rotatable bonds is 6. The van der Waals surface area contributed by atoms with E-state index in [1.165, 1.54) is 11.9 Å². The van der Waals surface area contributed by atoms with Gasteiger partial charge in [-0.2, -0.15) is 4.98 Å². The van der Waals surface area contributed by atoms with E-state index in [1.54, 1.807) is 6.07 Å². The fraction of sp³-hybridized carbons (Fsp3) is 0.211. The molecular formula is C19H15BrN2O4. The van der Waals surface area contributed by atoms with Gasteiger partial charge in [-0.1, -0.05) is 51.4 Å². The van der Waals surface area contributed by atoms with Crippen LogP contribution >= 0.6 is 15.9 Å². The van der Waals surface area contributed by atoms with Gasteiger partial charge in [0.05, 0.1) is 5.56 Å². The molecule has 1 heterocycles. The van der Waals surface area contributed by atoms with Crippen LogP contribution in [0.15, 0.2) is 57.8 Å². The number of aromatic nitrogens is 2. The number of nitrogens with zero attached hydrogens (tertiary/aromatic N) is 2. The highest BCUT2D eigenvalue weighted by Gasteiger charge is 2.49. The first kappa shape index (κ1) is 16.8. The van der Waals surface area contributed by atoms with E-state index in [-0.39, 0.29) is 5.41 Å². The molecule has 6 nitrogen and oxygen atoms in total. The molecule has 132 valence electrons. The topological polar surface area (TPSA) is 85.5 Å². The molecule has 2 aromatic carbocycles. The van der Waals surface area contributed by atoms with Crippen LogP contribution in [0.4, 0.5) is 0 Å². The van der Waals surface area contributed by atoms with Crippen molar-refractivity contribution in [3.63, 3.8) is 0 Å². The molecule has 0 aliphatic heterocycles. The molecule has 3 aromatic rings. The van der Waals surface area contributed by atoms with E-state index >= 15 is 0 Å². The van der Waals surface area contributed by atoms with E-state index in [0.717, 1.165) is 22.9 Å². The molecule has 1 N–H and O–H groups in total. The lowest BCUT2D eigenvalue weighted by molar-refractivity contribution is -0.139. The molecule has 0 bridgehead atoms. The Morgan fingerprint density at radius 3 is 2.62 bits per heavy atom. The predicted molar refractivity (Wildman–Crippen MR) is 97.0 cm³/mol. The normalized spacial score (nSPS) is 14.8. The first-order valence-electron chi connectivity index (χ1n) is 8.12. The standard InChI is InChI=1S/C19H15BrN2O4/c20-13-6-7-14(25-10-15(23)24)16(18-21-11-22-26-18)17(13)19(8-9-19)12-4-2-1-3-5-12/h1-7,11H,8-10H2,(H,23,24). The van der Waals surface area contributed by atoms with Crippen LogP contribution in [0.3, 0.4) is 0 Å². The average molecular weight is 415 g/mol. The van der Waals surface area contributed by atoms with E-state index in [4.69, 9.17) is 14.4 Å². The third-order valence-electron chi connectivity index (χ3n) is 4.60. The van der Waals surface area contributed by atoms with Crippen molar-refractivity contribution in [2.45, 2.75) is 18.3 Å². The van der Waals surface area contributed by atoms with Crippen molar-refractivity contribution in [2.24, 2.45) is 0 Å². The van der Waals surface area contributed by atoms with Gasteiger partial charge >= 0.3 is 5.97 Å². The van der Waals surface area contributed by atoms with Crippen LogP contribution < -0.4 is 4.74 Å². The maximum Gasteiger partial charge on any atom is 0.341 e. The van der Waals surface area contributed by atoms with Gasteiger partial charge < -0.3 is 14.4 Å². The van der Waals surface area contributed by atoms with Gasteiger partial charge in [0, 0.05) is 9.89 Å². The Bertz CT molecular complexity index is 938. The SMILES string of the molecule is O=C(O)COc1ccc(Br)c(C2(c3ccccc3)CC2)c1-c1ncno1. The third kappa shape index (κ3) is 2.88. The molecule has 1 aliphatic rings. The second-order valence-corrected chi connectivity index (χ2v) is 7.03. The first-order valence-corrected chi connectivity index (χ1v) is 8.91. The summed E-state index contributed by atoms with van der Waals surface area (Å²) < 4.78 is 11.7. The van der Waals surface area contributed by atoms with Gasteiger partial charge in [-0.3, -0.25) is 0 Å². The molecule has 1 saturated carbocycles. The molecule has 26 heavy (non-hydrogen) atoms. The zero-order valence-corrected chi connectivity index (χ0v) is 15.3. The zero-order valence-electron chi connectivity index (χ0n) is 13.7. The highest BCUT2D eigenvalue weighted by atomic mass is 79.9. The smallest absolute Gasteiger partial charge is 0.341 e. The summed E-state index contributed by atoms with van der Waals surface area (Å²) >= 11 is 3.66. The monoisotopic (exact) mass is 414 g/mol. The van der Waals surface area contributed by atoms with Crippen molar-refractivity contribution < 1.29 is 19.2 Å². The molecule has 0 radical (unpaired) electrons. The highest BCUT2D eigenvalue weighted by Crippen LogP contribution is 2.59. The second-order valence-electron chi connectivity index (χ2n) is 6.17. The van der Waals surface area contributed by atoms with Crippen LogP contribution in [-0.4, -0.2) is 27.8 Å². The molecule has 0 unspecified atom stereocenters. The molecular weight excluding hydrogens is 400 g/mol. The Balaban J connectivity index is 1.91. The summed E-state index contributed by atoms with van der Waals surface area (Å²) in [7, 11) is 0. The van der Waals surface area contributed by atoms with Crippen LogP contribution in [0.25, 0.3) is 11.5 Å². The van der Waals surface area contributed by atoms with Crippen molar-refractivity contribution in [3.05, 3.63) is 64.4 Å². The Kier molecular flexibility index (Phi) is 4.24. The van der Waals surface area contributed by atoms with Gasteiger partial charge in [-0.15, -0.1) is 0 Å². The second kappa shape index (κ2) is 6.57. The lowest BCUT2D eigenvalue weighted by Gasteiger charge is -2.22. The summed E-state index contributed by atoms with van der Waals surface area (Å²) in [5.74, 6) is -0.323. The van der Waals surface area contributed by atoms with Crippen molar-refractivity contribution in [2.75, 3.05) is 6.61 Å². The molecule has 0 spiro atoms. The maximum atomic E-state index is 11.0. The molecule has 1 aromatic heterocycles. The Labute approximate surface area is 157 Å². The van der Waals surface area contributed by atoms with E-state index in [9.17, 15) is 4.79 Å². The number of carbonyl (C=O) groups is 1. The zero-order chi connectivity index (χ0) is 18.1. The Morgan fingerprint density at radius 1 is 1.23 bits per heavy atom. The van der Waals surface area contributed by atoms with E-state index < -0.39 is 12.6 Å². The molecule has 0 amide bonds. The minimum Gasteiger partial charge on any atom is -0.481 e. The number of aliphatic carboxylic acids is 1. The fourth-order valence-electron chi connectivity index (χ4n) is 3.35. The lowest BCUT2D eigenvalue weighted by atomic mass is 9.84. The van der Waals surface area contributed by atoms with Gasteiger partial charge in [0.2, 0.25) is 0 Å². The van der Waals surface area contributed by atoms with Crippen molar-refractivity contribution in [1.82, 2.24) is 10.1 Å². The van der Waals surface area contributed by atoms with Crippen LogP contribution in [-0.2, 0) is 10.2 Å². The van der Waals surface area contributed by atoms with Crippen LogP contribution in [0.1, 0.15) is 24.0 Å². The lowest BCUT2D eigenvalue weighted by Crippen LogP contribution is -2.14. The summed E-state index contributed by atoms with van der Waals surface area (Å²) in [6.45, 7) is -0.444. The van der Waals surface area contributed by atoms with Crippen molar-refractivity contribution in [1.29, 1.82) is 0 Å². The molecule has 0 atom stereocenters. The summed E-state index contributed by atoms with van der Waals surface area (Å²) in [6, 6.07) is 13.8.